The molecule has 0 saturated carbocycles. The summed E-state index contributed by atoms with van der Waals surface area (Å²) in [5, 5.41) is 11.2. The Hall–Kier alpha value is -5.22. The van der Waals surface area contributed by atoms with Crippen molar-refractivity contribution in [3.8, 4) is 62.1 Å². The molecule has 0 fully saturated rings. The van der Waals surface area contributed by atoms with E-state index in [2.05, 4.69) is 121 Å². The molecule has 0 aliphatic rings. The Labute approximate surface area is 297 Å². The molecular formula is C46H48N2O2. The average Bonchev–Trinajstić information content (AvgIpc) is 3.11. The summed E-state index contributed by atoms with van der Waals surface area (Å²) < 4.78 is 6.42. The van der Waals surface area contributed by atoms with Gasteiger partial charge in [0.1, 0.15) is 11.5 Å². The third kappa shape index (κ3) is 7.35. The van der Waals surface area contributed by atoms with Crippen LogP contribution in [0.1, 0.15) is 101 Å². The van der Waals surface area contributed by atoms with Gasteiger partial charge in [0, 0.05) is 29.0 Å². The van der Waals surface area contributed by atoms with Crippen molar-refractivity contribution in [2.45, 2.75) is 79.1 Å². The quantitative estimate of drug-likeness (QED) is 0.159. The first-order valence-electron chi connectivity index (χ1n) is 17.8. The van der Waals surface area contributed by atoms with Gasteiger partial charge in [-0.3, -0.25) is 0 Å². The first-order valence-corrected chi connectivity index (χ1v) is 17.8. The predicted octanol–water partition coefficient (Wildman–Crippen LogP) is 13.1. The van der Waals surface area contributed by atoms with Gasteiger partial charge in [-0.05, 0) is 105 Å². The monoisotopic (exact) mass is 660 g/mol. The first-order chi connectivity index (χ1) is 24.0. The van der Waals surface area contributed by atoms with Gasteiger partial charge < -0.3 is 9.84 Å². The molecule has 0 aliphatic carbocycles. The second-order valence-corrected chi connectivity index (χ2v) is 14.4. The third-order valence-electron chi connectivity index (χ3n) is 9.40. The number of benzene rings is 4. The number of phenols is 1. The van der Waals surface area contributed by atoms with Crippen LogP contribution in [0.4, 0.5) is 0 Å². The number of phenolic OH excluding ortho intramolecular Hbond substituents is 1. The summed E-state index contributed by atoms with van der Waals surface area (Å²) in [6.45, 7) is 17.9. The van der Waals surface area contributed by atoms with Crippen molar-refractivity contribution < 1.29 is 9.84 Å². The van der Waals surface area contributed by atoms with E-state index in [1.165, 1.54) is 27.8 Å². The maximum absolute atomic E-state index is 11.2. The van der Waals surface area contributed by atoms with E-state index in [9.17, 15) is 5.11 Å². The van der Waals surface area contributed by atoms with Crippen LogP contribution in [0.25, 0.3) is 44.8 Å². The number of nitrogens with zero attached hydrogens (tertiary/aromatic N) is 2. The average molecular weight is 661 g/mol. The standard InChI is InChI=1S/C46H48N2O2/c1-28(2)32-22-33(29(3)4)24-34(23-32)40-19-20-42(48-46(40)41-14-9-10-17-43(41)49)35-25-36(27-37(26-35)50-44-18-11-12-21-47-44)45-38(30(5)6)15-13-16-39(45)31(7)8/h9-31,49H,1-8H3. The number of hydrogen-bond donors (Lipinski definition) is 1. The van der Waals surface area contributed by atoms with E-state index in [0.717, 1.165) is 33.6 Å². The molecule has 4 heteroatoms. The van der Waals surface area contributed by atoms with Gasteiger partial charge >= 0.3 is 0 Å². The number of ether oxygens (including phenoxy) is 1. The molecular weight excluding hydrogens is 613 g/mol. The van der Waals surface area contributed by atoms with E-state index in [1.54, 1.807) is 12.3 Å². The fourth-order valence-electron chi connectivity index (χ4n) is 6.59. The number of rotatable bonds is 10. The molecule has 2 heterocycles. The smallest absolute Gasteiger partial charge is 0.219 e. The number of aromatic hydroxyl groups is 1. The highest BCUT2D eigenvalue weighted by atomic mass is 16.5. The van der Waals surface area contributed by atoms with Crippen molar-refractivity contribution in [2.24, 2.45) is 0 Å². The van der Waals surface area contributed by atoms with Gasteiger partial charge in [-0.15, -0.1) is 0 Å². The van der Waals surface area contributed by atoms with Crippen molar-refractivity contribution >= 4 is 0 Å². The molecule has 4 aromatic carbocycles. The zero-order chi connectivity index (χ0) is 35.5. The van der Waals surface area contributed by atoms with Crippen LogP contribution in [0.3, 0.4) is 0 Å². The van der Waals surface area contributed by atoms with E-state index in [-0.39, 0.29) is 5.75 Å². The number of hydrogen-bond acceptors (Lipinski definition) is 4. The fraction of sp³-hybridized carbons (Fsp3) is 0.261. The second-order valence-electron chi connectivity index (χ2n) is 14.4. The molecule has 0 aliphatic heterocycles. The Morgan fingerprint density at radius 2 is 1.18 bits per heavy atom. The van der Waals surface area contributed by atoms with Crippen LogP contribution in [0, 0.1) is 0 Å². The van der Waals surface area contributed by atoms with Crippen LogP contribution >= 0.6 is 0 Å². The SMILES string of the molecule is CC(C)c1cc(-c2ccc(-c3cc(Oc4ccccn4)cc(-c4c(C(C)C)cccc4C(C)C)c3)nc2-c2ccccc2O)cc(C(C)C)c1. The molecule has 0 radical (unpaired) electrons. The molecule has 0 bridgehead atoms. The lowest BCUT2D eigenvalue weighted by atomic mass is 9.84. The molecule has 2 aromatic heterocycles. The minimum Gasteiger partial charge on any atom is -0.507 e. The normalized spacial score (nSPS) is 11.6. The molecule has 1 N–H and O–H groups in total. The maximum atomic E-state index is 11.2. The number of pyridine rings is 2. The molecule has 50 heavy (non-hydrogen) atoms. The summed E-state index contributed by atoms with van der Waals surface area (Å²) >= 11 is 0. The van der Waals surface area contributed by atoms with Crippen molar-refractivity contribution in [1.29, 1.82) is 0 Å². The first kappa shape index (κ1) is 34.6. The summed E-state index contributed by atoms with van der Waals surface area (Å²) in [7, 11) is 0. The van der Waals surface area contributed by atoms with Crippen LogP contribution in [-0.2, 0) is 0 Å². The van der Waals surface area contributed by atoms with Gasteiger partial charge in [-0.2, -0.15) is 0 Å². The van der Waals surface area contributed by atoms with E-state index in [0.29, 0.717) is 40.9 Å². The lowest BCUT2D eigenvalue weighted by Gasteiger charge is -2.21. The lowest BCUT2D eigenvalue weighted by molar-refractivity contribution is 0.463. The van der Waals surface area contributed by atoms with Crippen LogP contribution in [0.15, 0.2) is 115 Å². The van der Waals surface area contributed by atoms with E-state index < -0.39 is 0 Å². The van der Waals surface area contributed by atoms with E-state index in [1.807, 2.05) is 42.5 Å². The summed E-state index contributed by atoms with van der Waals surface area (Å²) in [5.74, 6) is 2.82. The van der Waals surface area contributed by atoms with Crippen LogP contribution in [0.2, 0.25) is 0 Å². The van der Waals surface area contributed by atoms with Gasteiger partial charge in [-0.25, -0.2) is 9.97 Å². The van der Waals surface area contributed by atoms with Gasteiger partial charge in [-0.1, -0.05) is 116 Å². The van der Waals surface area contributed by atoms with Crippen molar-refractivity contribution in [2.75, 3.05) is 0 Å². The summed E-state index contributed by atoms with van der Waals surface area (Å²) in [4.78, 5) is 9.82. The highest BCUT2D eigenvalue weighted by Crippen LogP contribution is 2.43. The highest BCUT2D eigenvalue weighted by molar-refractivity contribution is 5.86. The number of para-hydroxylation sites is 1. The Kier molecular flexibility index (Phi) is 10.2. The van der Waals surface area contributed by atoms with E-state index in [4.69, 9.17) is 9.72 Å². The minimum atomic E-state index is 0.197. The Morgan fingerprint density at radius 1 is 0.540 bits per heavy atom. The maximum Gasteiger partial charge on any atom is 0.219 e. The predicted molar refractivity (Wildman–Crippen MR) is 208 cm³/mol. The molecule has 0 saturated heterocycles. The Balaban J connectivity index is 1.61. The molecule has 0 amide bonds. The lowest BCUT2D eigenvalue weighted by Crippen LogP contribution is -2.01. The zero-order valence-corrected chi connectivity index (χ0v) is 30.5. The molecule has 0 atom stereocenters. The fourth-order valence-corrected chi connectivity index (χ4v) is 6.59. The van der Waals surface area contributed by atoms with Crippen LogP contribution in [-0.4, -0.2) is 15.1 Å². The van der Waals surface area contributed by atoms with Crippen LogP contribution in [0.5, 0.6) is 17.4 Å². The minimum absolute atomic E-state index is 0.197. The molecule has 0 unspecified atom stereocenters. The Morgan fingerprint density at radius 3 is 1.78 bits per heavy atom. The van der Waals surface area contributed by atoms with Gasteiger partial charge in [0.2, 0.25) is 5.88 Å². The second kappa shape index (κ2) is 14.7. The largest absolute Gasteiger partial charge is 0.507 e. The van der Waals surface area contributed by atoms with Gasteiger partial charge in [0.25, 0.3) is 0 Å². The summed E-state index contributed by atoms with van der Waals surface area (Å²) in [5.41, 5.74) is 12.7. The van der Waals surface area contributed by atoms with Crippen molar-refractivity contribution in [3.63, 3.8) is 0 Å². The zero-order valence-electron chi connectivity index (χ0n) is 30.5. The van der Waals surface area contributed by atoms with Crippen molar-refractivity contribution in [1.82, 2.24) is 9.97 Å². The molecule has 6 aromatic rings. The third-order valence-corrected chi connectivity index (χ3v) is 9.40. The summed E-state index contributed by atoms with van der Waals surface area (Å²) in [6, 6.07) is 37.3. The topological polar surface area (TPSA) is 55.2 Å². The number of aromatic nitrogens is 2. The summed E-state index contributed by atoms with van der Waals surface area (Å²) in [6.07, 6.45) is 1.74. The van der Waals surface area contributed by atoms with Crippen LogP contribution < -0.4 is 4.74 Å². The molecule has 0 spiro atoms. The van der Waals surface area contributed by atoms with Gasteiger partial charge in [0.15, 0.2) is 0 Å². The molecule has 254 valence electrons. The molecule has 4 nitrogen and oxygen atoms in total. The molecule has 6 rings (SSSR count). The van der Waals surface area contributed by atoms with E-state index >= 15 is 0 Å². The Bertz CT molecular complexity index is 2060. The highest BCUT2D eigenvalue weighted by Gasteiger charge is 2.20. The van der Waals surface area contributed by atoms with Gasteiger partial charge in [0.05, 0.1) is 11.4 Å². The van der Waals surface area contributed by atoms with Crippen molar-refractivity contribution in [3.05, 3.63) is 138 Å².